The number of alkyl halides is 3. The lowest BCUT2D eigenvalue weighted by Gasteiger charge is -2.44. The summed E-state index contributed by atoms with van der Waals surface area (Å²) >= 11 is 0. The first-order valence-electron chi connectivity index (χ1n) is 9.48. The van der Waals surface area contributed by atoms with Crippen molar-refractivity contribution < 1.29 is 13.2 Å². The third kappa shape index (κ3) is 4.00. The summed E-state index contributed by atoms with van der Waals surface area (Å²) in [5.74, 6) is 2.16. The lowest BCUT2D eigenvalue weighted by Crippen LogP contribution is -2.42. The Balaban J connectivity index is 1.86. The molecule has 3 heteroatoms. The zero-order chi connectivity index (χ0) is 16.2. The van der Waals surface area contributed by atoms with E-state index < -0.39 is 11.6 Å². The number of rotatable bonds is 5. The zero-order valence-electron chi connectivity index (χ0n) is 14.4. The van der Waals surface area contributed by atoms with E-state index >= 15 is 0 Å². The molecule has 2 aliphatic rings. The Morgan fingerprint density at radius 3 is 1.82 bits per heavy atom. The maximum absolute atomic E-state index is 13.5. The van der Waals surface area contributed by atoms with Crippen molar-refractivity contribution in [2.75, 3.05) is 0 Å². The number of hydrogen-bond acceptors (Lipinski definition) is 0. The molecule has 0 aliphatic heterocycles. The van der Waals surface area contributed by atoms with Gasteiger partial charge in [-0.05, 0) is 62.7 Å². The fourth-order valence-electron chi connectivity index (χ4n) is 5.17. The summed E-state index contributed by atoms with van der Waals surface area (Å²) < 4.78 is 40.5. The topological polar surface area (TPSA) is 0 Å². The average Bonchev–Trinajstić information content (AvgIpc) is 2.48. The number of hydrogen-bond donors (Lipinski definition) is 0. The van der Waals surface area contributed by atoms with E-state index in [4.69, 9.17) is 0 Å². The Kier molecular flexibility index (Phi) is 6.24. The standard InChI is InChI=1S/C19H33F3/c1-3-5-15-6-8-16(9-7-15)17-10-13-18(12-4-2,14-11-17)19(20,21)22/h15-17H,3-14H2,1-2H3. The van der Waals surface area contributed by atoms with E-state index in [1.165, 1.54) is 38.5 Å². The summed E-state index contributed by atoms with van der Waals surface area (Å²) in [5, 5.41) is 0. The van der Waals surface area contributed by atoms with Crippen LogP contribution >= 0.6 is 0 Å². The molecular weight excluding hydrogens is 285 g/mol. The van der Waals surface area contributed by atoms with Crippen LogP contribution in [0.25, 0.3) is 0 Å². The Labute approximate surface area is 134 Å². The van der Waals surface area contributed by atoms with Crippen molar-refractivity contribution in [3.63, 3.8) is 0 Å². The first kappa shape index (κ1) is 18.1. The van der Waals surface area contributed by atoms with E-state index in [2.05, 4.69) is 6.92 Å². The Bertz CT molecular complexity index is 318. The fraction of sp³-hybridized carbons (Fsp3) is 1.00. The van der Waals surface area contributed by atoms with Crippen LogP contribution in [0.3, 0.4) is 0 Å². The van der Waals surface area contributed by atoms with E-state index in [-0.39, 0.29) is 0 Å². The predicted octanol–water partition coefficient (Wildman–Crippen LogP) is 7.13. The molecular formula is C19H33F3. The molecule has 0 unspecified atom stereocenters. The summed E-state index contributed by atoms with van der Waals surface area (Å²) in [4.78, 5) is 0. The molecule has 0 radical (unpaired) electrons. The second-order valence-corrected chi connectivity index (χ2v) is 7.93. The third-order valence-corrected chi connectivity index (χ3v) is 6.57. The number of halogens is 3. The molecule has 0 amide bonds. The van der Waals surface area contributed by atoms with Crippen molar-refractivity contribution >= 4 is 0 Å². The summed E-state index contributed by atoms with van der Waals surface area (Å²) in [6.07, 6.45) is 7.10. The van der Waals surface area contributed by atoms with Gasteiger partial charge in [0.1, 0.15) is 0 Å². The molecule has 0 N–H and O–H groups in total. The SMILES string of the molecule is CCCC1CCC(C2CCC(CCC)(C(F)(F)F)CC2)CC1. The van der Waals surface area contributed by atoms with Crippen LogP contribution in [0.4, 0.5) is 13.2 Å². The van der Waals surface area contributed by atoms with E-state index in [1.807, 2.05) is 6.92 Å². The van der Waals surface area contributed by atoms with E-state index in [0.29, 0.717) is 37.5 Å². The van der Waals surface area contributed by atoms with Crippen molar-refractivity contribution in [3.8, 4) is 0 Å². The van der Waals surface area contributed by atoms with Crippen LogP contribution in [0.2, 0.25) is 0 Å². The first-order valence-corrected chi connectivity index (χ1v) is 9.48. The Morgan fingerprint density at radius 1 is 0.818 bits per heavy atom. The molecule has 0 bridgehead atoms. The van der Waals surface area contributed by atoms with Gasteiger partial charge in [0.2, 0.25) is 0 Å². The van der Waals surface area contributed by atoms with Crippen molar-refractivity contribution in [2.24, 2.45) is 23.2 Å². The quantitative estimate of drug-likeness (QED) is 0.505. The van der Waals surface area contributed by atoms with Gasteiger partial charge in [-0.1, -0.05) is 46.0 Å². The summed E-state index contributed by atoms with van der Waals surface area (Å²) in [7, 11) is 0. The minimum atomic E-state index is -4.01. The molecule has 2 saturated carbocycles. The smallest absolute Gasteiger partial charge is 0.171 e. The molecule has 0 aromatic heterocycles. The maximum Gasteiger partial charge on any atom is 0.394 e. The van der Waals surface area contributed by atoms with Crippen molar-refractivity contribution in [2.45, 2.75) is 97.1 Å². The molecule has 0 nitrogen and oxygen atoms in total. The van der Waals surface area contributed by atoms with Gasteiger partial charge in [-0.3, -0.25) is 0 Å². The molecule has 2 aliphatic carbocycles. The van der Waals surface area contributed by atoms with Crippen LogP contribution in [0, 0.1) is 23.2 Å². The van der Waals surface area contributed by atoms with Crippen LogP contribution in [0.5, 0.6) is 0 Å². The Hall–Kier alpha value is -0.210. The second kappa shape index (κ2) is 7.57. The normalized spacial score (nSPS) is 37.2. The van der Waals surface area contributed by atoms with Crippen LogP contribution in [-0.4, -0.2) is 6.18 Å². The third-order valence-electron chi connectivity index (χ3n) is 6.57. The predicted molar refractivity (Wildman–Crippen MR) is 85.7 cm³/mol. The molecule has 0 atom stereocenters. The summed E-state index contributed by atoms with van der Waals surface area (Å²) in [6, 6.07) is 0. The Morgan fingerprint density at radius 2 is 1.36 bits per heavy atom. The highest BCUT2D eigenvalue weighted by atomic mass is 19.4. The largest absolute Gasteiger partial charge is 0.394 e. The van der Waals surface area contributed by atoms with Crippen LogP contribution in [0.15, 0.2) is 0 Å². The van der Waals surface area contributed by atoms with Gasteiger partial charge >= 0.3 is 6.18 Å². The van der Waals surface area contributed by atoms with Crippen LogP contribution in [-0.2, 0) is 0 Å². The molecule has 0 saturated heterocycles. The minimum absolute atomic E-state index is 0.326. The lowest BCUT2D eigenvalue weighted by atomic mass is 9.62. The van der Waals surface area contributed by atoms with Gasteiger partial charge in [0.25, 0.3) is 0 Å². The zero-order valence-corrected chi connectivity index (χ0v) is 14.4. The van der Waals surface area contributed by atoms with Gasteiger partial charge in [-0.25, -0.2) is 0 Å². The highest BCUT2D eigenvalue weighted by Gasteiger charge is 2.55. The highest BCUT2D eigenvalue weighted by Crippen LogP contribution is 2.55. The van der Waals surface area contributed by atoms with Gasteiger partial charge in [0.15, 0.2) is 0 Å². The van der Waals surface area contributed by atoms with Gasteiger partial charge in [-0.15, -0.1) is 0 Å². The minimum Gasteiger partial charge on any atom is -0.171 e. The molecule has 0 aromatic carbocycles. The van der Waals surface area contributed by atoms with Crippen molar-refractivity contribution in [1.29, 1.82) is 0 Å². The van der Waals surface area contributed by atoms with Crippen molar-refractivity contribution in [1.82, 2.24) is 0 Å². The van der Waals surface area contributed by atoms with Gasteiger partial charge in [-0.2, -0.15) is 13.2 Å². The van der Waals surface area contributed by atoms with E-state index in [0.717, 1.165) is 18.8 Å². The van der Waals surface area contributed by atoms with Gasteiger partial charge in [0.05, 0.1) is 5.41 Å². The lowest BCUT2D eigenvalue weighted by molar-refractivity contribution is -0.241. The molecule has 22 heavy (non-hydrogen) atoms. The van der Waals surface area contributed by atoms with E-state index in [9.17, 15) is 13.2 Å². The van der Waals surface area contributed by atoms with Crippen LogP contribution < -0.4 is 0 Å². The van der Waals surface area contributed by atoms with Gasteiger partial charge in [0, 0.05) is 0 Å². The molecule has 0 spiro atoms. The molecule has 2 fully saturated rings. The fourth-order valence-corrected chi connectivity index (χ4v) is 5.17. The monoisotopic (exact) mass is 318 g/mol. The highest BCUT2D eigenvalue weighted by molar-refractivity contribution is 4.93. The average molecular weight is 318 g/mol. The second-order valence-electron chi connectivity index (χ2n) is 7.93. The molecule has 2 rings (SSSR count). The first-order chi connectivity index (χ1) is 10.4. The van der Waals surface area contributed by atoms with Gasteiger partial charge < -0.3 is 0 Å². The molecule has 0 heterocycles. The summed E-state index contributed by atoms with van der Waals surface area (Å²) in [5.41, 5.74) is -1.36. The molecule has 130 valence electrons. The molecule has 0 aromatic rings. The maximum atomic E-state index is 13.5. The van der Waals surface area contributed by atoms with Crippen molar-refractivity contribution in [3.05, 3.63) is 0 Å². The van der Waals surface area contributed by atoms with E-state index in [1.54, 1.807) is 0 Å². The summed E-state index contributed by atoms with van der Waals surface area (Å²) in [6.45, 7) is 4.13. The van der Waals surface area contributed by atoms with Crippen LogP contribution in [0.1, 0.15) is 90.9 Å².